The Bertz CT molecular complexity index is 762. The van der Waals surface area contributed by atoms with E-state index in [1.54, 1.807) is 7.11 Å². The van der Waals surface area contributed by atoms with Gasteiger partial charge in [0.1, 0.15) is 5.75 Å². The number of ether oxygens (including phenoxy) is 2. The summed E-state index contributed by atoms with van der Waals surface area (Å²) < 4.78 is 11.3. The van der Waals surface area contributed by atoms with E-state index in [-0.39, 0.29) is 17.9 Å². The predicted octanol–water partition coefficient (Wildman–Crippen LogP) is 4.19. The molecule has 4 aliphatic rings. The molecule has 1 amide bonds. The van der Waals surface area contributed by atoms with Gasteiger partial charge in [-0.25, -0.2) is 0 Å². The molecule has 2 bridgehead atoms. The van der Waals surface area contributed by atoms with Gasteiger partial charge in [0.15, 0.2) is 0 Å². The van der Waals surface area contributed by atoms with Crippen LogP contribution >= 0.6 is 23.5 Å². The number of morpholine rings is 1. The number of hydrogen-bond donors (Lipinski definition) is 1. The van der Waals surface area contributed by atoms with E-state index in [1.807, 2.05) is 12.1 Å². The molecule has 4 fully saturated rings. The molecule has 1 spiro atoms. The molecule has 2 saturated carbocycles. The number of methoxy groups -OCH3 is 1. The minimum Gasteiger partial charge on any atom is -0.497 e. The van der Waals surface area contributed by atoms with Gasteiger partial charge >= 0.3 is 0 Å². The third-order valence-corrected chi connectivity index (χ3v) is 12.0. The molecule has 2 heterocycles. The Morgan fingerprint density at radius 2 is 1.81 bits per heavy atom. The lowest BCUT2D eigenvalue weighted by molar-refractivity contribution is -0.128. The lowest BCUT2D eigenvalue weighted by Crippen LogP contribution is -2.50. The fourth-order valence-corrected chi connectivity index (χ4v) is 10.3. The summed E-state index contributed by atoms with van der Waals surface area (Å²) in [4.78, 5) is 15.8. The summed E-state index contributed by atoms with van der Waals surface area (Å²) >= 11 is 4.42. The van der Waals surface area contributed by atoms with Crippen LogP contribution in [0.4, 0.5) is 0 Å². The normalized spacial score (nSPS) is 30.7. The zero-order valence-electron chi connectivity index (χ0n) is 19.1. The van der Waals surface area contributed by atoms with Gasteiger partial charge in [-0.15, -0.1) is 23.5 Å². The first-order valence-electron chi connectivity index (χ1n) is 12.2. The maximum absolute atomic E-state index is 13.4. The van der Waals surface area contributed by atoms with Gasteiger partial charge in [-0.2, -0.15) is 0 Å². The van der Waals surface area contributed by atoms with Gasteiger partial charge in [-0.05, 0) is 55.2 Å². The van der Waals surface area contributed by atoms with Crippen LogP contribution in [0.1, 0.15) is 43.7 Å². The summed E-state index contributed by atoms with van der Waals surface area (Å²) in [6.45, 7) is 3.97. The minimum atomic E-state index is 0.170. The number of benzene rings is 1. The molecule has 1 aromatic rings. The van der Waals surface area contributed by atoms with Crippen LogP contribution < -0.4 is 10.1 Å². The lowest BCUT2D eigenvalue weighted by atomic mass is 9.67. The first-order chi connectivity index (χ1) is 15.7. The number of carbonyl (C=O) groups excluding carboxylic acids is 1. The van der Waals surface area contributed by atoms with Crippen molar-refractivity contribution in [2.75, 3.05) is 51.5 Å². The van der Waals surface area contributed by atoms with E-state index in [0.29, 0.717) is 22.5 Å². The second-order valence-corrected chi connectivity index (χ2v) is 12.6. The quantitative estimate of drug-likeness (QED) is 0.665. The fraction of sp³-hybridized carbons (Fsp3) is 0.720. The molecule has 5 nitrogen and oxygen atoms in total. The van der Waals surface area contributed by atoms with Crippen LogP contribution in [-0.4, -0.2) is 66.3 Å². The molecule has 0 radical (unpaired) electrons. The summed E-state index contributed by atoms with van der Waals surface area (Å²) in [7, 11) is 1.70. The van der Waals surface area contributed by atoms with Crippen LogP contribution in [0.5, 0.6) is 5.75 Å². The summed E-state index contributed by atoms with van der Waals surface area (Å²) in [6.07, 6.45) is 6.12. The topological polar surface area (TPSA) is 50.8 Å². The highest BCUT2D eigenvalue weighted by Gasteiger charge is 2.55. The maximum atomic E-state index is 13.4. The predicted molar refractivity (Wildman–Crippen MR) is 132 cm³/mol. The third-order valence-electron chi connectivity index (χ3n) is 7.95. The Labute approximate surface area is 200 Å². The molecule has 0 aromatic heterocycles. The van der Waals surface area contributed by atoms with Gasteiger partial charge < -0.3 is 14.8 Å². The Kier molecular flexibility index (Phi) is 7.27. The van der Waals surface area contributed by atoms with Crippen LogP contribution in [0.2, 0.25) is 0 Å². The van der Waals surface area contributed by atoms with Gasteiger partial charge in [0, 0.05) is 37.1 Å². The zero-order chi connectivity index (χ0) is 22.0. The van der Waals surface area contributed by atoms with E-state index in [4.69, 9.17) is 9.47 Å². The van der Waals surface area contributed by atoms with Gasteiger partial charge in [0.05, 0.1) is 30.4 Å². The van der Waals surface area contributed by atoms with Gasteiger partial charge in [-0.1, -0.05) is 18.6 Å². The molecule has 176 valence electrons. The first-order valence-corrected chi connectivity index (χ1v) is 14.2. The van der Waals surface area contributed by atoms with Crippen molar-refractivity contribution in [3.8, 4) is 5.75 Å². The van der Waals surface area contributed by atoms with Crippen LogP contribution in [0.15, 0.2) is 24.3 Å². The average Bonchev–Trinajstić information content (AvgIpc) is 3.29. The van der Waals surface area contributed by atoms with Crippen molar-refractivity contribution in [3.05, 3.63) is 29.8 Å². The number of hydrogen-bond acceptors (Lipinski definition) is 6. The number of nitrogens with one attached hydrogen (secondary N) is 1. The maximum Gasteiger partial charge on any atom is 0.223 e. The summed E-state index contributed by atoms with van der Waals surface area (Å²) in [5.41, 5.74) is 1.23. The lowest BCUT2D eigenvalue weighted by Gasteiger charge is -2.52. The largest absolute Gasteiger partial charge is 0.497 e. The number of amides is 1. The standard InChI is InChI=1S/C25H36N2O3S2/c1-29-22-7-5-18(6-8-22)23(27-9-11-30-12-10-27)17-26-24(28)19-15-20-3-2-4-21(16-19)25(20)31-13-14-32-25/h5-8,19-21,23H,2-4,9-17H2,1H3,(H,26,28). The molecule has 2 saturated heterocycles. The van der Waals surface area contributed by atoms with E-state index in [1.165, 1.54) is 36.3 Å². The van der Waals surface area contributed by atoms with Gasteiger partial charge in [0.2, 0.25) is 5.91 Å². The number of thioether (sulfide) groups is 2. The first kappa shape index (κ1) is 22.9. The third kappa shape index (κ3) is 4.55. The van der Waals surface area contributed by atoms with Gasteiger partial charge in [-0.3, -0.25) is 9.69 Å². The van der Waals surface area contributed by atoms with Crippen molar-refractivity contribution in [2.24, 2.45) is 17.8 Å². The molecular weight excluding hydrogens is 440 g/mol. The highest BCUT2D eigenvalue weighted by atomic mass is 32.2. The summed E-state index contributed by atoms with van der Waals surface area (Å²) in [6, 6.07) is 8.47. The van der Waals surface area contributed by atoms with E-state index >= 15 is 0 Å². The monoisotopic (exact) mass is 476 g/mol. The number of carbonyl (C=O) groups is 1. The summed E-state index contributed by atoms with van der Waals surface area (Å²) in [5.74, 6) is 5.31. The second kappa shape index (κ2) is 10.2. The molecule has 1 N–H and O–H groups in total. The smallest absolute Gasteiger partial charge is 0.223 e. The minimum absolute atomic E-state index is 0.170. The number of nitrogens with zero attached hydrogens (tertiary/aromatic N) is 1. The fourth-order valence-electron chi connectivity index (χ4n) is 6.34. The molecule has 2 aliphatic carbocycles. The Hall–Kier alpha value is -0.890. The van der Waals surface area contributed by atoms with Crippen molar-refractivity contribution >= 4 is 29.4 Å². The molecule has 5 rings (SSSR count). The van der Waals surface area contributed by atoms with Crippen molar-refractivity contribution in [3.63, 3.8) is 0 Å². The van der Waals surface area contributed by atoms with E-state index < -0.39 is 0 Å². The van der Waals surface area contributed by atoms with E-state index in [2.05, 4.69) is 45.9 Å². The Balaban J connectivity index is 1.25. The molecule has 3 atom stereocenters. The zero-order valence-corrected chi connectivity index (χ0v) is 20.7. The van der Waals surface area contributed by atoms with Crippen LogP contribution in [0, 0.1) is 17.8 Å². The Morgan fingerprint density at radius 3 is 2.44 bits per heavy atom. The molecule has 7 heteroatoms. The highest BCUT2D eigenvalue weighted by molar-refractivity contribution is 8.21. The van der Waals surface area contributed by atoms with Gasteiger partial charge in [0.25, 0.3) is 0 Å². The van der Waals surface area contributed by atoms with Crippen molar-refractivity contribution < 1.29 is 14.3 Å². The van der Waals surface area contributed by atoms with Crippen LogP contribution in [0.3, 0.4) is 0 Å². The van der Waals surface area contributed by atoms with E-state index in [9.17, 15) is 4.79 Å². The molecule has 1 aromatic carbocycles. The Morgan fingerprint density at radius 1 is 1.16 bits per heavy atom. The molecule has 2 aliphatic heterocycles. The highest BCUT2D eigenvalue weighted by Crippen LogP contribution is 2.64. The summed E-state index contributed by atoms with van der Waals surface area (Å²) in [5, 5.41) is 3.38. The van der Waals surface area contributed by atoms with Crippen molar-refractivity contribution in [2.45, 2.75) is 42.2 Å². The molecular formula is C25H36N2O3S2. The number of rotatable bonds is 6. The SMILES string of the molecule is COc1ccc(C(CNC(=O)C2CC3CCCC(C2)C32SCCS2)N2CCOCC2)cc1. The second-order valence-electron chi connectivity index (χ2n) is 9.59. The molecule has 32 heavy (non-hydrogen) atoms. The van der Waals surface area contributed by atoms with Crippen LogP contribution in [-0.2, 0) is 9.53 Å². The van der Waals surface area contributed by atoms with Crippen molar-refractivity contribution in [1.82, 2.24) is 10.2 Å². The van der Waals surface area contributed by atoms with Crippen LogP contribution in [0.25, 0.3) is 0 Å². The van der Waals surface area contributed by atoms with E-state index in [0.717, 1.165) is 44.9 Å². The average molecular weight is 477 g/mol. The van der Waals surface area contributed by atoms with Crippen molar-refractivity contribution in [1.29, 1.82) is 0 Å². The molecule has 3 unspecified atom stereocenters.